The first-order chi connectivity index (χ1) is 12.2. The molecule has 0 aromatic carbocycles. The van der Waals surface area contributed by atoms with Crippen LogP contribution in [0.3, 0.4) is 0 Å². The molecular weight excluding hydrogens is 360 g/mol. The molecule has 1 saturated heterocycles. The Labute approximate surface area is 156 Å². The van der Waals surface area contributed by atoms with Crippen LogP contribution in [0.15, 0.2) is 11.4 Å². The summed E-state index contributed by atoms with van der Waals surface area (Å²) in [5.41, 5.74) is 0.830. The molecule has 0 spiro atoms. The minimum atomic E-state index is 0.0225. The van der Waals surface area contributed by atoms with E-state index in [1.165, 1.54) is 24.6 Å². The molecule has 136 valence electrons. The van der Waals surface area contributed by atoms with Crippen LogP contribution < -0.4 is 10.2 Å². The number of hydrogen-bond donors (Lipinski definition) is 1. The molecule has 0 saturated carbocycles. The Hall–Kier alpha value is -1.54. The molecule has 1 fully saturated rings. The van der Waals surface area contributed by atoms with Crippen LogP contribution in [0, 0.1) is 0 Å². The second-order valence-electron chi connectivity index (χ2n) is 5.98. The summed E-state index contributed by atoms with van der Waals surface area (Å²) in [5, 5.41) is 9.10. The Morgan fingerprint density at radius 1 is 1.36 bits per heavy atom. The van der Waals surface area contributed by atoms with Crippen LogP contribution in [0.4, 0.5) is 5.82 Å². The van der Waals surface area contributed by atoms with Gasteiger partial charge in [0.05, 0.1) is 18.1 Å². The Bertz CT molecular complexity index is 731. The second-order valence-corrected chi connectivity index (χ2v) is 7.13. The van der Waals surface area contributed by atoms with E-state index in [0.29, 0.717) is 31.8 Å². The molecule has 3 heterocycles. The third-order valence-electron chi connectivity index (χ3n) is 4.23. The molecule has 1 N–H and O–H groups in total. The highest BCUT2D eigenvalue weighted by Gasteiger charge is 2.20. The fourth-order valence-corrected chi connectivity index (χ4v) is 3.45. The third-order valence-corrected chi connectivity index (χ3v) is 5.04. The van der Waals surface area contributed by atoms with Gasteiger partial charge in [0.25, 0.3) is 0 Å². The first-order valence-electron chi connectivity index (χ1n) is 8.58. The molecule has 2 aromatic rings. The van der Waals surface area contributed by atoms with Crippen LogP contribution in [0.1, 0.15) is 25.7 Å². The van der Waals surface area contributed by atoms with Gasteiger partial charge in [-0.2, -0.15) is 5.10 Å². The number of fused-ring (bicyclic) bond motifs is 1. The summed E-state index contributed by atoms with van der Waals surface area (Å²) in [6.07, 6.45) is 7.36. The molecule has 0 radical (unpaired) electrons. The number of alkyl halides is 1. The second kappa shape index (κ2) is 8.71. The summed E-state index contributed by atoms with van der Waals surface area (Å²) < 4.78 is 1.85. The van der Waals surface area contributed by atoms with Crippen LogP contribution in [-0.4, -0.2) is 57.4 Å². The van der Waals surface area contributed by atoms with Crippen LogP contribution >= 0.6 is 23.4 Å². The van der Waals surface area contributed by atoms with Gasteiger partial charge in [-0.3, -0.25) is 4.79 Å². The molecule has 0 aliphatic carbocycles. The Morgan fingerprint density at radius 2 is 2.16 bits per heavy atom. The average molecular weight is 383 g/mol. The van der Waals surface area contributed by atoms with Crippen molar-refractivity contribution < 1.29 is 4.79 Å². The fourth-order valence-electron chi connectivity index (χ4n) is 2.96. The Morgan fingerprint density at radius 3 is 2.88 bits per heavy atom. The molecule has 1 amide bonds. The van der Waals surface area contributed by atoms with E-state index >= 15 is 0 Å². The molecule has 0 bridgehead atoms. The molecule has 0 atom stereocenters. The van der Waals surface area contributed by atoms with Crippen LogP contribution in [-0.2, 0) is 11.3 Å². The minimum Gasteiger partial charge on any atom is -0.356 e. The van der Waals surface area contributed by atoms with Crippen molar-refractivity contribution in [1.82, 2.24) is 25.1 Å². The van der Waals surface area contributed by atoms with Crippen molar-refractivity contribution in [1.29, 1.82) is 0 Å². The highest BCUT2D eigenvalue weighted by molar-refractivity contribution is 7.98. The largest absolute Gasteiger partial charge is 0.356 e. The summed E-state index contributed by atoms with van der Waals surface area (Å²) >= 11 is 7.14. The van der Waals surface area contributed by atoms with Crippen molar-refractivity contribution in [3.8, 4) is 0 Å². The summed E-state index contributed by atoms with van der Waals surface area (Å²) in [4.78, 5) is 23.3. The number of aromatic nitrogens is 4. The van der Waals surface area contributed by atoms with Gasteiger partial charge in [-0.25, -0.2) is 14.6 Å². The first kappa shape index (κ1) is 18.3. The van der Waals surface area contributed by atoms with Crippen molar-refractivity contribution in [2.75, 3.05) is 36.7 Å². The number of nitrogens with one attached hydrogen (secondary N) is 1. The van der Waals surface area contributed by atoms with Crippen LogP contribution in [0.2, 0.25) is 0 Å². The molecule has 9 heteroatoms. The van der Waals surface area contributed by atoms with E-state index in [9.17, 15) is 4.79 Å². The van der Waals surface area contributed by atoms with Gasteiger partial charge < -0.3 is 10.2 Å². The third kappa shape index (κ3) is 4.36. The number of amides is 1. The zero-order valence-corrected chi connectivity index (χ0v) is 15.9. The van der Waals surface area contributed by atoms with E-state index in [4.69, 9.17) is 16.6 Å². The van der Waals surface area contributed by atoms with Crippen molar-refractivity contribution in [2.24, 2.45) is 0 Å². The first-order valence-corrected chi connectivity index (χ1v) is 10.3. The maximum Gasteiger partial charge on any atom is 0.220 e. The normalized spacial score (nSPS) is 14.4. The average Bonchev–Trinajstić information content (AvgIpc) is 3.29. The maximum atomic E-state index is 11.7. The summed E-state index contributed by atoms with van der Waals surface area (Å²) in [7, 11) is 0. The molecule has 1 aliphatic heterocycles. The number of rotatable bonds is 8. The van der Waals surface area contributed by atoms with Crippen LogP contribution in [0.5, 0.6) is 0 Å². The molecule has 3 rings (SSSR count). The zero-order valence-electron chi connectivity index (χ0n) is 14.4. The van der Waals surface area contributed by atoms with E-state index in [2.05, 4.69) is 20.3 Å². The van der Waals surface area contributed by atoms with Gasteiger partial charge in [-0.15, -0.1) is 11.6 Å². The lowest BCUT2D eigenvalue weighted by molar-refractivity contribution is -0.121. The summed E-state index contributed by atoms with van der Waals surface area (Å²) in [5.74, 6) is 1.50. The van der Waals surface area contributed by atoms with Crippen molar-refractivity contribution >= 4 is 46.1 Å². The molecule has 1 aliphatic rings. The Kier molecular flexibility index (Phi) is 6.36. The highest BCUT2D eigenvalue weighted by atomic mass is 35.5. The lowest BCUT2D eigenvalue weighted by Gasteiger charge is -2.17. The quantitative estimate of drug-likeness (QED) is 0.429. The fraction of sp³-hybridized carbons (Fsp3) is 0.625. The SMILES string of the molecule is CSc1nc(N2CCCC2)c2cnn(CCNC(=O)CCCCl)c2n1. The smallest absolute Gasteiger partial charge is 0.220 e. The van der Waals surface area contributed by atoms with E-state index in [0.717, 1.165) is 35.1 Å². The topological polar surface area (TPSA) is 75.9 Å². The molecule has 2 aromatic heterocycles. The maximum absolute atomic E-state index is 11.7. The van der Waals surface area contributed by atoms with Gasteiger partial charge in [-0.05, 0) is 25.5 Å². The highest BCUT2D eigenvalue weighted by Crippen LogP contribution is 2.28. The van der Waals surface area contributed by atoms with Gasteiger partial charge in [0.15, 0.2) is 10.8 Å². The number of nitrogens with zero attached hydrogens (tertiary/aromatic N) is 5. The lowest BCUT2D eigenvalue weighted by atomic mass is 10.3. The summed E-state index contributed by atoms with van der Waals surface area (Å²) in [6.45, 7) is 3.17. The number of anilines is 1. The number of thioether (sulfide) groups is 1. The van der Waals surface area contributed by atoms with E-state index in [1.54, 1.807) is 0 Å². The Balaban J connectivity index is 1.75. The van der Waals surface area contributed by atoms with Crippen LogP contribution in [0.25, 0.3) is 11.0 Å². The van der Waals surface area contributed by atoms with Crippen molar-refractivity contribution in [2.45, 2.75) is 37.4 Å². The number of hydrogen-bond acceptors (Lipinski definition) is 6. The van der Waals surface area contributed by atoms with Gasteiger partial charge in [0.2, 0.25) is 5.91 Å². The number of halogens is 1. The van der Waals surface area contributed by atoms with E-state index in [-0.39, 0.29) is 5.91 Å². The van der Waals surface area contributed by atoms with Crippen molar-refractivity contribution in [3.63, 3.8) is 0 Å². The predicted octanol–water partition coefficient (Wildman–Crippen LogP) is 2.28. The van der Waals surface area contributed by atoms with Gasteiger partial charge in [0, 0.05) is 31.9 Å². The number of carbonyl (C=O) groups is 1. The van der Waals surface area contributed by atoms with E-state index < -0.39 is 0 Å². The molecular formula is C16H23ClN6OS. The summed E-state index contributed by atoms with van der Waals surface area (Å²) in [6, 6.07) is 0. The van der Waals surface area contributed by atoms with Gasteiger partial charge in [0.1, 0.15) is 5.82 Å². The molecule has 7 nitrogen and oxygen atoms in total. The van der Waals surface area contributed by atoms with Gasteiger partial charge in [-0.1, -0.05) is 11.8 Å². The predicted molar refractivity (Wildman–Crippen MR) is 102 cm³/mol. The monoisotopic (exact) mass is 382 g/mol. The number of carbonyl (C=O) groups excluding carboxylic acids is 1. The molecule has 25 heavy (non-hydrogen) atoms. The minimum absolute atomic E-state index is 0.0225. The van der Waals surface area contributed by atoms with E-state index in [1.807, 2.05) is 17.1 Å². The lowest BCUT2D eigenvalue weighted by Crippen LogP contribution is -2.27. The van der Waals surface area contributed by atoms with Crippen molar-refractivity contribution in [3.05, 3.63) is 6.20 Å². The van der Waals surface area contributed by atoms with Gasteiger partial charge >= 0.3 is 0 Å². The zero-order chi connectivity index (χ0) is 17.6. The standard InChI is InChI=1S/C16H23ClN6OS/c1-25-16-20-14(22-8-2-3-9-22)12-11-19-23(15(12)21-16)10-7-18-13(24)5-4-6-17/h11H,2-10H2,1H3,(H,18,24). The molecule has 0 unspecified atom stereocenters.